The second-order valence-corrected chi connectivity index (χ2v) is 10.2. The van der Waals surface area contributed by atoms with Gasteiger partial charge in [0.15, 0.2) is 11.6 Å². The summed E-state index contributed by atoms with van der Waals surface area (Å²) in [4.78, 5) is 0. The van der Waals surface area contributed by atoms with E-state index < -0.39 is 29.2 Å². The molecule has 2 atom stereocenters. The lowest BCUT2D eigenvalue weighted by atomic mass is 9.77. The number of hydrogen-bond donors (Lipinski definition) is 0. The van der Waals surface area contributed by atoms with Gasteiger partial charge in [-0.05, 0) is 80.0 Å². The van der Waals surface area contributed by atoms with Crippen LogP contribution in [-0.2, 0) is 0 Å². The third kappa shape index (κ3) is 5.76. The van der Waals surface area contributed by atoms with Gasteiger partial charge in [0.05, 0.1) is 6.61 Å². The summed E-state index contributed by atoms with van der Waals surface area (Å²) in [6.07, 6.45) is 8.11. The minimum Gasteiger partial charge on any atom is -0.493 e. The number of hydrogen-bond acceptors (Lipinski definition) is 1. The van der Waals surface area contributed by atoms with Crippen LogP contribution in [0.15, 0.2) is 48.1 Å². The summed E-state index contributed by atoms with van der Waals surface area (Å²) < 4.78 is 64.2. The van der Waals surface area contributed by atoms with Crippen LogP contribution in [0.25, 0.3) is 11.1 Å². The highest BCUT2D eigenvalue weighted by atomic mass is 19.2. The summed E-state index contributed by atoms with van der Waals surface area (Å²) in [5.41, 5.74) is 1.25. The fourth-order valence-electron chi connectivity index (χ4n) is 5.79. The predicted molar refractivity (Wildman–Crippen MR) is 133 cm³/mol. The molecule has 0 amide bonds. The maximum absolute atomic E-state index is 15.0. The monoisotopic (exact) mass is 488 g/mol. The lowest BCUT2D eigenvalue weighted by Crippen LogP contribution is -2.21. The fourth-order valence-corrected chi connectivity index (χ4v) is 5.79. The zero-order chi connectivity index (χ0) is 24.9. The van der Waals surface area contributed by atoms with Gasteiger partial charge in [0.1, 0.15) is 17.4 Å². The van der Waals surface area contributed by atoms with Gasteiger partial charge in [-0.3, -0.25) is 0 Å². The molecular formula is C30H36F4O. The standard InChI is InChI=1S/C30H36F4O/c1-3-5-19-6-8-21(9-7-19)25-16-17-26(30(34)29(25)33)22-12-14-24(15-13-22)35-18-23-11-10-20(4-2)27(31)28(23)32/h12-17,19-21,23H,3-11,18H2,1-2H3/t19?,20-,21?,23?/m0/s1. The largest absolute Gasteiger partial charge is 0.493 e. The van der Waals surface area contributed by atoms with Crippen molar-refractivity contribution in [3.63, 3.8) is 0 Å². The van der Waals surface area contributed by atoms with Crippen molar-refractivity contribution in [2.45, 2.75) is 77.6 Å². The van der Waals surface area contributed by atoms with E-state index in [0.29, 0.717) is 42.1 Å². The van der Waals surface area contributed by atoms with E-state index >= 15 is 8.78 Å². The van der Waals surface area contributed by atoms with Crippen LogP contribution < -0.4 is 4.74 Å². The molecule has 0 spiro atoms. The first-order valence-electron chi connectivity index (χ1n) is 13.2. The molecule has 0 N–H and O–H groups in total. The SMILES string of the molecule is CCCC1CCC(c2ccc(-c3ccc(OCC4CC[C@H](CC)C(F)=C4F)cc3)c(F)c2F)CC1. The maximum Gasteiger partial charge on any atom is 0.166 e. The van der Waals surface area contributed by atoms with E-state index in [4.69, 9.17) is 4.74 Å². The molecule has 1 fully saturated rings. The normalized spacial score (nSPS) is 25.1. The van der Waals surface area contributed by atoms with Crippen molar-refractivity contribution in [3.8, 4) is 16.9 Å². The molecule has 35 heavy (non-hydrogen) atoms. The van der Waals surface area contributed by atoms with Gasteiger partial charge in [-0.1, -0.05) is 51.0 Å². The molecule has 0 saturated heterocycles. The molecule has 1 saturated carbocycles. The highest BCUT2D eigenvalue weighted by molar-refractivity contribution is 5.65. The maximum atomic E-state index is 15.0. The van der Waals surface area contributed by atoms with Crippen LogP contribution in [0.4, 0.5) is 17.6 Å². The minimum absolute atomic E-state index is 0.0488. The summed E-state index contributed by atoms with van der Waals surface area (Å²) >= 11 is 0. The van der Waals surface area contributed by atoms with E-state index in [1.807, 2.05) is 6.92 Å². The Morgan fingerprint density at radius 2 is 1.40 bits per heavy atom. The van der Waals surface area contributed by atoms with Crippen molar-refractivity contribution in [2.24, 2.45) is 17.8 Å². The van der Waals surface area contributed by atoms with Crippen molar-refractivity contribution in [2.75, 3.05) is 6.61 Å². The highest BCUT2D eigenvalue weighted by Gasteiger charge is 2.30. The van der Waals surface area contributed by atoms with Gasteiger partial charge >= 0.3 is 0 Å². The van der Waals surface area contributed by atoms with Gasteiger partial charge < -0.3 is 4.74 Å². The zero-order valence-electron chi connectivity index (χ0n) is 20.8. The van der Waals surface area contributed by atoms with Gasteiger partial charge in [0, 0.05) is 17.4 Å². The molecule has 0 aliphatic heterocycles. The Bertz CT molecular complexity index is 1020. The zero-order valence-corrected chi connectivity index (χ0v) is 20.8. The average molecular weight is 489 g/mol. The fraction of sp³-hybridized carbons (Fsp3) is 0.533. The topological polar surface area (TPSA) is 9.23 Å². The lowest BCUT2D eigenvalue weighted by molar-refractivity contribution is 0.203. The Hall–Kier alpha value is -2.30. The molecule has 2 aromatic carbocycles. The number of benzene rings is 2. The molecule has 1 unspecified atom stereocenters. The molecule has 2 aromatic rings. The third-order valence-electron chi connectivity index (χ3n) is 8.01. The van der Waals surface area contributed by atoms with Crippen LogP contribution >= 0.6 is 0 Å². The Morgan fingerprint density at radius 1 is 0.743 bits per heavy atom. The molecule has 5 heteroatoms. The molecule has 2 aliphatic rings. The predicted octanol–water partition coefficient (Wildman–Crippen LogP) is 9.67. The number of rotatable bonds is 8. The summed E-state index contributed by atoms with van der Waals surface area (Å²) in [5.74, 6) is -2.54. The van der Waals surface area contributed by atoms with Gasteiger partial charge in [-0.15, -0.1) is 0 Å². The Kier molecular flexibility index (Phi) is 8.56. The Labute approximate surface area is 206 Å². The van der Waals surface area contributed by atoms with E-state index in [9.17, 15) is 8.78 Å². The van der Waals surface area contributed by atoms with Crippen molar-refractivity contribution in [3.05, 3.63) is 65.2 Å². The summed E-state index contributed by atoms with van der Waals surface area (Å²) in [5, 5.41) is 0. The summed E-state index contributed by atoms with van der Waals surface area (Å²) in [7, 11) is 0. The highest BCUT2D eigenvalue weighted by Crippen LogP contribution is 2.41. The van der Waals surface area contributed by atoms with Gasteiger partial charge in [0.25, 0.3) is 0 Å². The van der Waals surface area contributed by atoms with Gasteiger partial charge in [-0.2, -0.15) is 0 Å². The molecule has 4 rings (SSSR count). The second-order valence-electron chi connectivity index (χ2n) is 10.2. The Morgan fingerprint density at radius 3 is 2.06 bits per heavy atom. The summed E-state index contributed by atoms with van der Waals surface area (Å²) in [6.45, 7) is 4.10. The van der Waals surface area contributed by atoms with E-state index in [1.165, 1.54) is 12.8 Å². The smallest absolute Gasteiger partial charge is 0.166 e. The molecule has 1 nitrogen and oxygen atoms in total. The first kappa shape index (κ1) is 25.8. The van der Waals surface area contributed by atoms with Crippen LogP contribution in [0, 0.1) is 29.4 Å². The van der Waals surface area contributed by atoms with Crippen molar-refractivity contribution in [1.82, 2.24) is 0 Å². The van der Waals surface area contributed by atoms with Gasteiger partial charge in [0.2, 0.25) is 0 Å². The molecule has 0 aromatic heterocycles. The van der Waals surface area contributed by atoms with Crippen molar-refractivity contribution < 1.29 is 22.3 Å². The van der Waals surface area contributed by atoms with Crippen molar-refractivity contribution in [1.29, 1.82) is 0 Å². The van der Waals surface area contributed by atoms with Crippen LogP contribution in [0.5, 0.6) is 5.75 Å². The first-order chi connectivity index (χ1) is 16.9. The molecule has 0 heterocycles. The number of ether oxygens (including phenoxy) is 1. The van der Waals surface area contributed by atoms with Crippen LogP contribution in [0.1, 0.15) is 83.1 Å². The molecule has 0 bridgehead atoms. The van der Waals surface area contributed by atoms with E-state index in [1.54, 1.807) is 36.4 Å². The van der Waals surface area contributed by atoms with Crippen molar-refractivity contribution >= 4 is 0 Å². The second kappa shape index (κ2) is 11.6. The Balaban J connectivity index is 1.40. The van der Waals surface area contributed by atoms with Crippen LogP contribution in [0.2, 0.25) is 0 Å². The molecule has 0 radical (unpaired) electrons. The summed E-state index contributed by atoms with van der Waals surface area (Å²) in [6, 6.07) is 10.1. The van der Waals surface area contributed by atoms with E-state index in [0.717, 1.165) is 25.7 Å². The van der Waals surface area contributed by atoms with Crippen LogP contribution in [0.3, 0.4) is 0 Å². The van der Waals surface area contributed by atoms with Gasteiger partial charge in [-0.25, -0.2) is 17.6 Å². The van der Waals surface area contributed by atoms with Crippen LogP contribution in [-0.4, -0.2) is 6.61 Å². The average Bonchev–Trinajstić information content (AvgIpc) is 2.88. The molecule has 190 valence electrons. The van der Waals surface area contributed by atoms with E-state index in [-0.39, 0.29) is 24.0 Å². The molecule has 2 aliphatic carbocycles. The number of halogens is 4. The lowest BCUT2D eigenvalue weighted by Gasteiger charge is -2.29. The quantitative estimate of drug-likeness (QED) is 0.336. The van der Waals surface area contributed by atoms with E-state index in [2.05, 4.69) is 6.92 Å². The number of allylic oxidation sites excluding steroid dienone is 1. The molecular weight excluding hydrogens is 452 g/mol. The third-order valence-corrected chi connectivity index (χ3v) is 8.01. The minimum atomic E-state index is -0.817. The first-order valence-corrected chi connectivity index (χ1v) is 13.2.